The Bertz CT molecular complexity index is 1090. The van der Waals surface area contributed by atoms with Gasteiger partial charge in [0.25, 0.3) is 0 Å². The van der Waals surface area contributed by atoms with E-state index in [2.05, 4.69) is 26.1 Å². The van der Waals surface area contributed by atoms with Crippen LogP contribution >= 0.6 is 0 Å². The van der Waals surface area contributed by atoms with Gasteiger partial charge in [-0.25, -0.2) is 4.79 Å². The number of aliphatic hydroxyl groups excluding tert-OH is 3. The Morgan fingerprint density at radius 1 is 1.07 bits per heavy atom. The van der Waals surface area contributed by atoms with Gasteiger partial charge in [-0.3, -0.25) is 4.79 Å². The molecule has 0 heterocycles. The fourth-order valence-electron chi connectivity index (χ4n) is 9.85. The van der Waals surface area contributed by atoms with E-state index in [0.29, 0.717) is 36.1 Å². The molecule has 0 bridgehead atoms. The van der Waals surface area contributed by atoms with Crippen LogP contribution in [0, 0.1) is 46.3 Å². The lowest BCUT2D eigenvalue weighted by Gasteiger charge is -2.63. The van der Waals surface area contributed by atoms with Gasteiger partial charge in [-0.15, -0.1) is 0 Å². The molecule has 4 fully saturated rings. The highest BCUT2D eigenvalue weighted by Crippen LogP contribution is 2.68. The van der Waals surface area contributed by atoms with Crippen LogP contribution in [0.3, 0.4) is 0 Å². The van der Waals surface area contributed by atoms with Gasteiger partial charge < -0.3 is 25.4 Å². The predicted molar refractivity (Wildman–Crippen MR) is 153 cm³/mol. The zero-order valence-corrected chi connectivity index (χ0v) is 24.6. The maximum absolute atomic E-state index is 12.9. The van der Waals surface area contributed by atoms with Crippen molar-refractivity contribution in [3.05, 3.63) is 29.8 Å². The van der Waals surface area contributed by atoms with Gasteiger partial charge in [-0.2, -0.15) is 0 Å². The number of anilines is 1. The Balaban J connectivity index is 1.24. The van der Waals surface area contributed by atoms with E-state index in [1.54, 1.807) is 31.2 Å². The largest absolute Gasteiger partial charge is 0.462 e. The number of amides is 1. The number of fused-ring (bicyclic) bond motifs is 5. The van der Waals surface area contributed by atoms with E-state index < -0.39 is 12.1 Å². The molecule has 0 unspecified atom stereocenters. The average Bonchev–Trinajstić information content (AvgIpc) is 3.27. The molecule has 5 rings (SSSR count). The summed E-state index contributed by atoms with van der Waals surface area (Å²) in [7, 11) is 0. The molecular weight excluding hydrogens is 506 g/mol. The molecule has 0 spiro atoms. The number of carbonyl (C=O) groups is 2. The molecule has 1 amide bonds. The zero-order chi connectivity index (χ0) is 28.8. The molecule has 4 saturated carbocycles. The van der Waals surface area contributed by atoms with Crippen molar-refractivity contribution in [2.45, 2.75) is 104 Å². The number of nitrogens with one attached hydrogen (secondary N) is 1. The Labute approximate surface area is 239 Å². The molecule has 40 heavy (non-hydrogen) atoms. The molecule has 0 aromatic heterocycles. The summed E-state index contributed by atoms with van der Waals surface area (Å²) in [5.74, 6) is 1.12. The lowest BCUT2D eigenvalue weighted by molar-refractivity contribution is -0.207. The lowest BCUT2D eigenvalue weighted by atomic mass is 9.43. The Hall–Kier alpha value is -1.96. The normalized spacial score (nSPS) is 41.3. The fraction of sp³-hybridized carbons (Fsp3) is 0.758. The third kappa shape index (κ3) is 5.11. The third-order valence-electron chi connectivity index (χ3n) is 12.0. The van der Waals surface area contributed by atoms with Crippen LogP contribution in [0.25, 0.3) is 0 Å². The summed E-state index contributed by atoms with van der Waals surface area (Å²) in [6.07, 6.45) is 6.08. The fourth-order valence-corrected chi connectivity index (χ4v) is 9.85. The summed E-state index contributed by atoms with van der Waals surface area (Å²) >= 11 is 0. The SMILES string of the molecule is CCOC(=O)c1cccc(NC(=O)CC[C@@H](C)[C@H]2CC[C@H]3[C@@H]4[C@H](O)C[C@@H]5C[C@H](O)CC[C@]5(C)[C@H]4C[C@H](O)[C@]23C)c1. The molecule has 7 nitrogen and oxygen atoms in total. The number of esters is 1. The van der Waals surface area contributed by atoms with Crippen molar-refractivity contribution < 1.29 is 29.6 Å². The number of benzene rings is 1. The topological polar surface area (TPSA) is 116 Å². The molecule has 0 radical (unpaired) electrons. The first kappa shape index (κ1) is 29.5. The summed E-state index contributed by atoms with van der Waals surface area (Å²) in [6.45, 7) is 8.88. The van der Waals surface area contributed by atoms with Gasteiger partial charge in [0.15, 0.2) is 0 Å². The van der Waals surface area contributed by atoms with Crippen LogP contribution in [0.5, 0.6) is 0 Å². The van der Waals surface area contributed by atoms with Crippen LogP contribution in [0.15, 0.2) is 24.3 Å². The summed E-state index contributed by atoms with van der Waals surface area (Å²) in [6, 6.07) is 6.83. The van der Waals surface area contributed by atoms with Crippen LogP contribution in [0.4, 0.5) is 5.69 Å². The number of rotatable bonds is 7. The van der Waals surface area contributed by atoms with Crippen LogP contribution in [0.1, 0.15) is 95.8 Å². The van der Waals surface area contributed by atoms with Crippen molar-refractivity contribution in [1.82, 2.24) is 0 Å². The van der Waals surface area contributed by atoms with E-state index in [9.17, 15) is 24.9 Å². The highest BCUT2D eigenvalue weighted by molar-refractivity contribution is 5.94. The van der Waals surface area contributed by atoms with Crippen molar-refractivity contribution in [2.75, 3.05) is 11.9 Å². The van der Waals surface area contributed by atoms with Crippen molar-refractivity contribution in [3.63, 3.8) is 0 Å². The lowest BCUT2D eigenvalue weighted by Crippen LogP contribution is -2.62. The summed E-state index contributed by atoms with van der Waals surface area (Å²) < 4.78 is 5.06. The van der Waals surface area contributed by atoms with Crippen LogP contribution in [-0.4, -0.2) is 52.1 Å². The molecule has 1 aromatic carbocycles. The molecule has 4 aliphatic carbocycles. The highest BCUT2D eigenvalue weighted by atomic mass is 16.5. The van der Waals surface area contributed by atoms with Gasteiger partial charge in [0, 0.05) is 12.1 Å². The maximum atomic E-state index is 12.9. The van der Waals surface area contributed by atoms with Gasteiger partial charge in [-0.1, -0.05) is 26.8 Å². The minimum absolute atomic E-state index is 0.0673. The second-order valence-electron chi connectivity index (χ2n) is 13.9. The monoisotopic (exact) mass is 555 g/mol. The van der Waals surface area contributed by atoms with E-state index in [0.717, 1.165) is 51.4 Å². The molecule has 4 aliphatic rings. The summed E-state index contributed by atoms with van der Waals surface area (Å²) in [5, 5.41) is 36.5. The van der Waals surface area contributed by atoms with Crippen molar-refractivity contribution >= 4 is 17.6 Å². The Morgan fingerprint density at radius 3 is 2.60 bits per heavy atom. The second-order valence-corrected chi connectivity index (χ2v) is 13.9. The number of hydrogen-bond donors (Lipinski definition) is 4. The predicted octanol–water partition coefficient (Wildman–Crippen LogP) is 5.18. The van der Waals surface area contributed by atoms with Gasteiger partial charge in [0.2, 0.25) is 5.91 Å². The molecule has 7 heteroatoms. The van der Waals surface area contributed by atoms with Crippen molar-refractivity contribution in [2.24, 2.45) is 46.3 Å². The first-order chi connectivity index (χ1) is 19.0. The summed E-state index contributed by atoms with van der Waals surface area (Å²) in [4.78, 5) is 24.9. The molecule has 11 atom stereocenters. The maximum Gasteiger partial charge on any atom is 0.338 e. The minimum Gasteiger partial charge on any atom is -0.462 e. The molecule has 0 aliphatic heterocycles. The van der Waals surface area contributed by atoms with Gasteiger partial charge in [0.05, 0.1) is 30.5 Å². The van der Waals surface area contributed by atoms with Crippen molar-refractivity contribution in [3.8, 4) is 0 Å². The minimum atomic E-state index is -0.428. The van der Waals surface area contributed by atoms with E-state index in [1.165, 1.54) is 0 Å². The van der Waals surface area contributed by atoms with Gasteiger partial charge in [-0.05, 0) is 123 Å². The quantitative estimate of drug-likeness (QED) is 0.345. The van der Waals surface area contributed by atoms with Gasteiger partial charge >= 0.3 is 5.97 Å². The zero-order valence-electron chi connectivity index (χ0n) is 24.6. The average molecular weight is 556 g/mol. The number of aliphatic hydroxyl groups is 3. The van der Waals surface area contributed by atoms with E-state index in [1.807, 2.05) is 0 Å². The molecular formula is C33H49NO6. The van der Waals surface area contributed by atoms with Crippen LogP contribution in [0.2, 0.25) is 0 Å². The number of hydrogen-bond acceptors (Lipinski definition) is 6. The van der Waals surface area contributed by atoms with E-state index in [4.69, 9.17) is 4.74 Å². The first-order valence-corrected chi connectivity index (χ1v) is 15.6. The Morgan fingerprint density at radius 2 is 1.85 bits per heavy atom. The first-order valence-electron chi connectivity index (χ1n) is 15.6. The third-order valence-corrected chi connectivity index (χ3v) is 12.0. The summed E-state index contributed by atoms with van der Waals surface area (Å²) in [5.41, 5.74) is 0.788. The highest BCUT2D eigenvalue weighted by Gasteiger charge is 2.65. The van der Waals surface area contributed by atoms with Crippen LogP contribution in [-0.2, 0) is 9.53 Å². The molecule has 4 N–H and O–H groups in total. The number of ether oxygens (including phenoxy) is 1. The second kappa shape index (κ2) is 11.4. The smallest absolute Gasteiger partial charge is 0.338 e. The molecule has 0 saturated heterocycles. The van der Waals surface area contributed by atoms with Crippen molar-refractivity contribution in [1.29, 1.82) is 0 Å². The van der Waals surface area contributed by atoms with E-state index in [-0.39, 0.29) is 52.6 Å². The van der Waals surface area contributed by atoms with Gasteiger partial charge in [0.1, 0.15) is 0 Å². The van der Waals surface area contributed by atoms with E-state index >= 15 is 0 Å². The molecule has 222 valence electrons. The standard InChI is InChI=1S/C33H49NO6/c1-5-40-31(39)20-7-6-8-22(15-20)34-29(38)12-9-19(2)24-10-11-25-30-26(18-28(37)33(24,25)4)32(3)14-13-23(35)16-21(32)17-27(30)36/h6-8,15,19,21,23-28,30,35-37H,5,9-14,16-18H2,1-4H3,(H,34,38)/t19-,21+,23-,24-,25+,26+,27-,28+,30+,32+,33-/m1/s1. The molecule has 1 aromatic rings. The van der Waals surface area contributed by atoms with Crippen LogP contribution < -0.4 is 5.32 Å². The Kier molecular flexibility index (Phi) is 8.40. The number of carbonyl (C=O) groups excluding carboxylic acids is 2.